The highest BCUT2D eigenvalue weighted by Gasteiger charge is 2.34. The van der Waals surface area contributed by atoms with Crippen molar-refractivity contribution in [3.8, 4) is 0 Å². The van der Waals surface area contributed by atoms with Crippen LogP contribution in [-0.2, 0) is 4.79 Å². The van der Waals surface area contributed by atoms with Crippen molar-refractivity contribution < 1.29 is 4.79 Å². The number of hydrogen-bond acceptors (Lipinski definition) is 3. The lowest BCUT2D eigenvalue weighted by atomic mass is 9.87. The van der Waals surface area contributed by atoms with E-state index in [4.69, 9.17) is 5.73 Å². The van der Waals surface area contributed by atoms with Crippen LogP contribution in [0.3, 0.4) is 0 Å². The second kappa shape index (κ2) is 9.35. The van der Waals surface area contributed by atoms with Gasteiger partial charge in [-0.25, -0.2) is 0 Å². The lowest BCUT2D eigenvalue weighted by Gasteiger charge is -2.43. The highest BCUT2D eigenvalue weighted by molar-refractivity contribution is 5.75. The highest BCUT2D eigenvalue weighted by atomic mass is 16.1. The van der Waals surface area contributed by atoms with E-state index < -0.39 is 0 Å². The first-order chi connectivity index (χ1) is 9.68. The van der Waals surface area contributed by atoms with Crippen molar-refractivity contribution in [3.05, 3.63) is 0 Å². The van der Waals surface area contributed by atoms with Gasteiger partial charge in [0.1, 0.15) is 0 Å². The van der Waals surface area contributed by atoms with Gasteiger partial charge < -0.3 is 11.1 Å². The van der Waals surface area contributed by atoms with E-state index in [1.54, 1.807) is 7.05 Å². The maximum Gasteiger partial charge on any atom is 0.219 e. The third-order valence-corrected chi connectivity index (χ3v) is 4.69. The molecular weight excluding hydrogens is 250 g/mol. The summed E-state index contributed by atoms with van der Waals surface area (Å²) in [4.78, 5) is 14.0. The molecule has 1 fully saturated rings. The fourth-order valence-corrected chi connectivity index (χ4v) is 3.45. The summed E-state index contributed by atoms with van der Waals surface area (Å²) in [6.45, 7) is 5.09. The molecule has 0 radical (unpaired) electrons. The zero-order valence-electron chi connectivity index (χ0n) is 13.4. The summed E-state index contributed by atoms with van der Waals surface area (Å²) in [6, 6.07) is 0. The molecule has 0 unspecified atom stereocenters. The smallest absolute Gasteiger partial charge is 0.219 e. The Hall–Kier alpha value is -0.610. The summed E-state index contributed by atoms with van der Waals surface area (Å²) >= 11 is 0. The molecule has 0 bridgehead atoms. The van der Waals surface area contributed by atoms with Crippen LogP contribution < -0.4 is 11.1 Å². The second-order valence-corrected chi connectivity index (χ2v) is 6.11. The third-order valence-electron chi connectivity index (χ3n) is 4.69. The van der Waals surface area contributed by atoms with Crippen molar-refractivity contribution in [3.63, 3.8) is 0 Å². The number of carbonyl (C=O) groups is 1. The molecule has 0 spiro atoms. The minimum atomic E-state index is 0.143. The summed E-state index contributed by atoms with van der Waals surface area (Å²) in [6.07, 6.45) is 10.5. The van der Waals surface area contributed by atoms with Gasteiger partial charge in [0, 0.05) is 25.6 Å². The summed E-state index contributed by atoms with van der Waals surface area (Å²) in [5.41, 5.74) is 6.37. The van der Waals surface area contributed by atoms with E-state index in [1.165, 1.54) is 38.5 Å². The molecular formula is C16H33N3O. The van der Waals surface area contributed by atoms with E-state index in [0.29, 0.717) is 6.42 Å². The number of nitrogens with one attached hydrogen (secondary N) is 1. The Kier molecular flexibility index (Phi) is 8.15. The van der Waals surface area contributed by atoms with Gasteiger partial charge in [0.05, 0.1) is 0 Å². The van der Waals surface area contributed by atoms with E-state index in [0.717, 1.165) is 32.5 Å². The Morgan fingerprint density at radius 3 is 2.35 bits per heavy atom. The average molecular weight is 283 g/mol. The maximum absolute atomic E-state index is 11.4. The number of amides is 1. The van der Waals surface area contributed by atoms with Gasteiger partial charge in [-0.05, 0) is 38.8 Å². The molecule has 1 rings (SSSR count). The van der Waals surface area contributed by atoms with Gasteiger partial charge in [-0.15, -0.1) is 0 Å². The number of hydrogen-bond donors (Lipinski definition) is 2. The molecule has 1 aliphatic rings. The molecule has 0 aromatic carbocycles. The van der Waals surface area contributed by atoms with Crippen LogP contribution in [0.4, 0.5) is 0 Å². The summed E-state index contributed by atoms with van der Waals surface area (Å²) in [5, 5.41) is 2.70. The van der Waals surface area contributed by atoms with Crippen LogP contribution in [0.5, 0.6) is 0 Å². The van der Waals surface area contributed by atoms with Crippen molar-refractivity contribution in [2.45, 2.75) is 70.3 Å². The van der Waals surface area contributed by atoms with E-state index in [9.17, 15) is 4.79 Å². The Balaban J connectivity index is 2.62. The number of nitrogens with two attached hydrogens (primary N) is 1. The van der Waals surface area contributed by atoms with Crippen molar-refractivity contribution in [1.29, 1.82) is 0 Å². The quantitative estimate of drug-likeness (QED) is 0.672. The first kappa shape index (κ1) is 17.4. The van der Waals surface area contributed by atoms with Gasteiger partial charge >= 0.3 is 0 Å². The molecule has 118 valence electrons. The van der Waals surface area contributed by atoms with Gasteiger partial charge in [0.2, 0.25) is 5.91 Å². The Labute approximate surface area is 124 Å². The maximum atomic E-state index is 11.4. The molecule has 1 amide bonds. The highest BCUT2D eigenvalue weighted by Crippen LogP contribution is 2.32. The standard InChI is InChI=1S/C16H33N3O/c1-3-12-19(13-8-9-15(20)18-2)16(14-17)10-6-4-5-7-11-16/h3-14,17H2,1-2H3,(H,18,20). The summed E-state index contributed by atoms with van der Waals surface area (Å²) in [7, 11) is 1.71. The first-order valence-electron chi connectivity index (χ1n) is 8.34. The fraction of sp³-hybridized carbons (Fsp3) is 0.938. The Morgan fingerprint density at radius 1 is 1.20 bits per heavy atom. The van der Waals surface area contributed by atoms with Crippen molar-refractivity contribution in [2.24, 2.45) is 5.73 Å². The first-order valence-corrected chi connectivity index (χ1v) is 8.34. The van der Waals surface area contributed by atoms with Gasteiger partial charge in [0.15, 0.2) is 0 Å². The minimum absolute atomic E-state index is 0.143. The van der Waals surface area contributed by atoms with Crippen LogP contribution in [0, 0.1) is 0 Å². The molecule has 0 aromatic rings. The molecule has 20 heavy (non-hydrogen) atoms. The number of nitrogens with zero attached hydrogens (tertiary/aromatic N) is 1. The summed E-state index contributed by atoms with van der Waals surface area (Å²) < 4.78 is 0. The molecule has 0 aliphatic heterocycles. The Bertz CT molecular complexity index is 273. The van der Waals surface area contributed by atoms with Crippen LogP contribution in [0.2, 0.25) is 0 Å². The molecule has 1 saturated carbocycles. The van der Waals surface area contributed by atoms with E-state index in [-0.39, 0.29) is 11.4 Å². The molecule has 4 nitrogen and oxygen atoms in total. The van der Waals surface area contributed by atoms with E-state index in [1.807, 2.05) is 0 Å². The number of rotatable bonds is 8. The van der Waals surface area contributed by atoms with E-state index >= 15 is 0 Å². The van der Waals surface area contributed by atoms with Crippen LogP contribution in [0.25, 0.3) is 0 Å². The van der Waals surface area contributed by atoms with Crippen molar-refractivity contribution in [1.82, 2.24) is 10.2 Å². The molecule has 0 saturated heterocycles. The van der Waals surface area contributed by atoms with Crippen molar-refractivity contribution >= 4 is 5.91 Å². The van der Waals surface area contributed by atoms with Crippen LogP contribution in [0.15, 0.2) is 0 Å². The fourth-order valence-electron chi connectivity index (χ4n) is 3.45. The summed E-state index contributed by atoms with van der Waals surface area (Å²) in [5.74, 6) is 0.143. The Morgan fingerprint density at radius 2 is 1.85 bits per heavy atom. The third kappa shape index (κ3) is 5.06. The normalized spacial score (nSPS) is 18.8. The van der Waals surface area contributed by atoms with Gasteiger partial charge in [-0.1, -0.05) is 32.6 Å². The zero-order valence-corrected chi connectivity index (χ0v) is 13.4. The van der Waals surface area contributed by atoms with Crippen LogP contribution >= 0.6 is 0 Å². The van der Waals surface area contributed by atoms with Crippen molar-refractivity contribution in [2.75, 3.05) is 26.7 Å². The molecule has 0 heterocycles. The van der Waals surface area contributed by atoms with Crippen LogP contribution in [-0.4, -0.2) is 43.0 Å². The molecule has 3 N–H and O–H groups in total. The van der Waals surface area contributed by atoms with Gasteiger partial charge in [0.25, 0.3) is 0 Å². The second-order valence-electron chi connectivity index (χ2n) is 6.11. The zero-order chi connectivity index (χ0) is 14.8. The molecule has 0 aromatic heterocycles. The lowest BCUT2D eigenvalue weighted by molar-refractivity contribution is -0.120. The molecule has 4 heteroatoms. The van der Waals surface area contributed by atoms with Crippen LogP contribution in [0.1, 0.15) is 64.7 Å². The van der Waals surface area contributed by atoms with Gasteiger partial charge in [-0.2, -0.15) is 0 Å². The SMILES string of the molecule is CCCN(CCCC(=O)NC)C1(CN)CCCCCC1. The predicted octanol–water partition coefficient (Wildman–Crippen LogP) is 2.28. The molecule has 0 atom stereocenters. The molecule has 1 aliphatic carbocycles. The predicted molar refractivity (Wildman–Crippen MR) is 84.7 cm³/mol. The number of carbonyl (C=O) groups excluding carboxylic acids is 1. The monoisotopic (exact) mass is 283 g/mol. The minimum Gasteiger partial charge on any atom is -0.359 e. The lowest BCUT2D eigenvalue weighted by Crippen LogP contribution is -2.54. The topological polar surface area (TPSA) is 58.4 Å². The average Bonchev–Trinajstić information content (AvgIpc) is 2.72. The van der Waals surface area contributed by atoms with Gasteiger partial charge in [-0.3, -0.25) is 9.69 Å². The largest absolute Gasteiger partial charge is 0.359 e. The van der Waals surface area contributed by atoms with E-state index in [2.05, 4.69) is 17.1 Å².